The molecule has 1 aromatic rings. The van der Waals surface area contributed by atoms with Gasteiger partial charge in [0.2, 0.25) is 0 Å². The zero-order valence-corrected chi connectivity index (χ0v) is 26.6. The molecular formula is C36H52O6. The van der Waals surface area contributed by atoms with Gasteiger partial charge in [0.15, 0.2) is 12.1 Å². The molecule has 232 valence electrons. The van der Waals surface area contributed by atoms with Crippen LogP contribution in [0.25, 0.3) is 0 Å². The first kappa shape index (κ1) is 35.0. The van der Waals surface area contributed by atoms with E-state index in [9.17, 15) is 14.4 Å². The van der Waals surface area contributed by atoms with Gasteiger partial charge in [-0.2, -0.15) is 0 Å². The predicted octanol–water partition coefficient (Wildman–Crippen LogP) is 9.24. The number of methoxy groups -OCH3 is 1. The minimum atomic E-state index is -0.776. The topological polar surface area (TPSA) is 78.9 Å². The van der Waals surface area contributed by atoms with Crippen molar-refractivity contribution in [2.45, 2.75) is 130 Å². The summed E-state index contributed by atoms with van der Waals surface area (Å²) in [5.74, 6) is 0.563. The van der Waals surface area contributed by atoms with Gasteiger partial charge in [-0.1, -0.05) is 68.9 Å². The largest absolute Gasteiger partial charge is 0.496 e. The summed E-state index contributed by atoms with van der Waals surface area (Å²) in [5.41, 5.74) is 1.08. The number of hydrogen-bond donors (Lipinski definition) is 0. The SMILES string of the molecule is CCCCCC=CCC=CCCCCCCCC(=O)Oc1cc(OC)c2c(c1C=O)O[C@](C)(CC(=O)C=C(C)C)CC2. The Morgan fingerprint density at radius 1 is 0.952 bits per heavy atom. The molecule has 0 aromatic heterocycles. The van der Waals surface area contributed by atoms with Crippen LogP contribution in [0.5, 0.6) is 17.2 Å². The smallest absolute Gasteiger partial charge is 0.311 e. The van der Waals surface area contributed by atoms with E-state index in [-0.39, 0.29) is 35.9 Å². The Morgan fingerprint density at radius 3 is 2.26 bits per heavy atom. The molecule has 6 nitrogen and oxygen atoms in total. The third kappa shape index (κ3) is 12.4. The lowest BCUT2D eigenvalue weighted by molar-refractivity contribution is -0.134. The average Bonchev–Trinajstić information content (AvgIpc) is 2.93. The Morgan fingerprint density at radius 2 is 1.62 bits per heavy atom. The highest BCUT2D eigenvalue weighted by atomic mass is 16.5. The van der Waals surface area contributed by atoms with Gasteiger partial charge in [-0.05, 0) is 78.2 Å². The molecule has 0 amide bonds. The van der Waals surface area contributed by atoms with E-state index in [0.717, 1.165) is 56.1 Å². The van der Waals surface area contributed by atoms with Crippen LogP contribution in [-0.4, -0.2) is 30.7 Å². The highest BCUT2D eigenvalue weighted by Gasteiger charge is 2.37. The van der Waals surface area contributed by atoms with Crippen molar-refractivity contribution >= 4 is 18.0 Å². The summed E-state index contributed by atoms with van der Waals surface area (Å²) in [6.45, 7) is 7.85. The van der Waals surface area contributed by atoms with Crippen molar-refractivity contribution in [3.63, 3.8) is 0 Å². The third-order valence-electron chi connectivity index (χ3n) is 7.49. The van der Waals surface area contributed by atoms with Crippen LogP contribution < -0.4 is 14.2 Å². The van der Waals surface area contributed by atoms with Crippen molar-refractivity contribution in [3.05, 3.63) is 53.1 Å². The van der Waals surface area contributed by atoms with Gasteiger partial charge in [-0.25, -0.2) is 0 Å². The molecule has 1 heterocycles. The van der Waals surface area contributed by atoms with Crippen molar-refractivity contribution in [1.29, 1.82) is 0 Å². The number of carbonyl (C=O) groups excluding carboxylic acids is 3. The zero-order chi connectivity index (χ0) is 30.8. The summed E-state index contributed by atoms with van der Waals surface area (Å²) in [6, 6.07) is 1.59. The van der Waals surface area contributed by atoms with Crippen LogP contribution >= 0.6 is 0 Å². The summed E-state index contributed by atoms with van der Waals surface area (Å²) in [5, 5.41) is 0. The highest BCUT2D eigenvalue weighted by Crippen LogP contribution is 2.45. The molecule has 6 heteroatoms. The predicted molar refractivity (Wildman–Crippen MR) is 170 cm³/mol. The first-order valence-corrected chi connectivity index (χ1v) is 15.8. The number of rotatable bonds is 20. The molecule has 0 spiro atoms. The van der Waals surface area contributed by atoms with Gasteiger partial charge in [0.05, 0.1) is 12.7 Å². The Bertz CT molecular complexity index is 1110. The van der Waals surface area contributed by atoms with Gasteiger partial charge in [0.25, 0.3) is 0 Å². The molecule has 0 saturated carbocycles. The number of esters is 1. The molecule has 42 heavy (non-hydrogen) atoms. The number of ether oxygens (including phenoxy) is 3. The van der Waals surface area contributed by atoms with E-state index in [1.54, 1.807) is 12.1 Å². The van der Waals surface area contributed by atoms with Crippen LogP contribution in [0.1, 0.15) is 134 Å². The van der Waals surface area contributed by atoms with E-state index in [1.165, 1.54) is 32.8 Å². The van der Waals surface area contributed by atoms with Gasteiger partial charge >= 0.3 is 5.97 Å². The van der Waals surface area contributed by atoms with E-state index in [0.29, 0.717) is 30.6 Å². The fraction of sp³-hybridized carbons (Fsp3) is 0.583. The lowest BCUT2D eigenvalue weighted by atomic mass is 9.86. The first-order valence-electron chi connectivity index (χ1n) is 15.8. The van der Waals surface area contributed by atoms with Crippen LogP contribution in [0.15, 0.2) is 42.0 Å². The van der Waals surface area contributed by atoms with Crippen molar-refractivity contribution in [2.24, 2.45) is 0 Å². The molecule has 0 fully saturated rings. The van der Waals surface area contributed by atoms with Gasteiger partial charge in [-0.15, -0.1) is 0 Å². The third-order valence-corrected chi connectivity index (χ3v) is 7.49. The summed E-state index contributed by atoms with van der Waals surface area (Å²) in [6.07, 6.45) is 25.1. The van der Waals surface area contributed by atoms with Crippen molar-refractivity contribution < 1.29 is 28.6 Å². The Kier molecular flexibility index (Phi) is 16.0. The van der Waals surface area contributed by atoms with Crippen molar-refractivity contribution in [3.8, 4) is 17.2 Å². The van der Waals surface area contributed by atoms with E-state index in [2.05, 4.69) is 31.2 Å². The number of hydrogen-bond acceptors (Lipinski definition) is 6. The molecule has 1 atom stereocenters. The van der Waals surface area contributed by atoms with Crippen LogP contribution in [0.3, 0.4) is 0 Å². The molecular weight excluding hydrogens is 528 g/mol. The van der Waals surface area contributed by atoms with Crippen molar-refractivity contribution in [2.75, 3.05) is 7.11 Å². The fourth-order valence-electron chi connectivity index (χ4n) is 5.21. The summed E-state index contributed by atoms with van der Waals surface area (Å²) in [4.78, 5) is 37.3. The number of carbonyl (C=O) groups is 3. The van der Waals surface area contributed by atoms with Crippen LogP contribution in [0.2, 0.25) is 0 Å². The van der Waals surface area contributed by atoms with Gasteiger partial charge in [0.1, 0.15) is 22.8 Å². The minimum Gasteiger partial charge on any atom is -0.496 e. The molecule has 0 saturated heterocycles. The second kappa shape index (κ2) is 19.1. The van der Waals surface area contributed by atoms with Crippen molar-refractivity contribution in [1.82, 2.24) is 0 Å². The van der Waals surface area contributed by atoms with E-state index >= 15 is 0 Å². The Labute approximate surface area is 253 Å². The van der Waals surface area contributed by atoms with Gasteiger partial charge in [-0.3, -0.25) is 14.4 Å². The molecule has 0 aliphatic carbocycles. The summed E-state index contributed by atoms with van der Waals surface area (Å²) < 4.78 is 17.5. The molecule has 1 aliphatic rings. The van der Waals surface area contributed by atoms with Gasteiger partial charge < -0.3 is 14.2 Å². The number of unbranched alkanes of at least 4 members (excludes halogenated alkanes) is 8. The second-order valence-corrected chi connectivity index (χ2v) is 11.8. The number of fused-ring (bicyclic) bond motifs is 1. The van der Waals surface area contributed by atoms with E-state index < -0.39 is 5.60 Å². The molecule has 1 aromatic carbocycles. The molecule has 0 radical (unpaired) electrons. The quantitative estimate of drug-likeness (QED) is 0.0382. The minimum absolute atomic E-state index is 0.0273. The van der Waals surface area contributed by atoms with Crippen LogP contribution in [0, 0.1) is 0 Å². The monoisotopic (exact) mass is 580 g/mol. The van der Waals surface area contributed by atoms with E-state index in [4.69, 9.17) is 14.2 Å². The molecule has 0 N–H and O–H groups in total. The Hall–Kier alpha value is -3.15. The number of benzene rings is 1. The maximum atomic E-state index is 12.7. The maximum absolute atomic E-state index is 12.7. The molecule has 0 bridgehead atoms. The molecule has 2 rings (SSSR count). The van der Waals surface area contributed by atoms with E-state index in [1.807, 2.05) is 20.8 Å². The zero-order valence-electron chi connectivity index (χ0n) is 26.6. The average molecular weight is 581 g/mol. The number of aldehydes is 1. The second-order valence-electron chi connectivity index (χ2n) is 11.8. The molecule has 1 aliphatic heterocycles. The molecule has 0 unspecified atom stereocenters. The maximum Gasteiger partial charge on any atom is 0.311 e. The standard InChI is InChI=1S/C36H52O6/c1-6-7-8-9-10-11-12-13-14-15-16-17-18-19-20-21-34(39)41-33-25-32(40-5)30-22-23-36(4,26-29(38)24-28(2)3)42-35(30)31(33)27-37/h10-11,13-14,24-25,27H,6-9,12,15-23,26H2,1-5H3/t36-/m0/s1. The lowest BCUT2D eigenvalue weighted by Gasteiger charge is -2.36. The first-order chi connectivity index (χ1) is 20.2. The number of allylic oxidation sites excluding steroid dienone is 6. The summed E-state index contributed by atoms with van der Waals surface area (Å²) >= 11 is 0. The lowest BCUT2D eigenvalue weighted by Crippen LogP contribution is -2.39. The Balaban J connectivity index is 1.82. The normalized spacial score (nSPS) is 16.2. The summed E-state index contributed by atoms with van der Waals surface area (Å²) in [7, 11) is 1.54. The van der Waals surface area contributed by atoms with Crippen LogP contribution in [0.4, 0.5) is 0 Å². The highest BCUT2D eigenvalue weighted by molar-refractivity contribution is 5.91. The van der Waals surface area contributed by atoms with Gasteiger partial charge in [0, 0.05) is 24.5 Å². The fourth-order valence-corrected chi connectivity index (χ4v) is 5.21. The van der Waals surface area contributed by atoms with Crippen LogP contribution in [-0.2, 0) is 16.0 Å². The number of ketones is 1.